The molecule has 0 atom stereocenters. The van der Waals surface area contributed by atoms with E-state index in [4.69, 9.17) is 4.74 Å². The molecule has 1 aromatic carbocycles. The van der Waals surface area contributed by atoms with Gasteiger partial charge in [-0.15, -0.1) is 0 Å². The topological polar surface area (TPSA) is 95.1 Å². The van der Waals surface area contributed by atoms with Gasteiger partial charge in [-0.2, -0.15) is 0 Å². The number of carbonyl (C=O) groups excluding carboxylic acids is 2. The molecule has 8 nitrogen and oxygen atoms in total. The molecule has 2 amide bonds. The van der Waals surface area contributed by atoms with Crippen molar-refractivity contribution in [2.45, 2.75) is 25.7 Å². The Morgan fingerprint density at radius 3 is 2.45 bits per heavy atom. The predicted molar refractivity (Wildman–Crippen MR) is 114 cm³/mol. The number of aliphatic imine (C=N–C) groups is 1. The van der Waals surface area contributed by atoms with E-state index in [0.29, 0.717) is 36.9 Å². The van der Waals surface area contributed by atoms with Gasteiger partial charge in [-0.3, -0.25) is 14.6 Å². The van der Waals surface area contributed by atoms with Crippen LogP contribution in [-0.4, -0.2) is 70.6 Å². The van der Waals surface area contributed by atoms with Crippen LogP contribution in [0.1, 0.15) is 36.0 Å². The summed E-state index contributed by atoms with van der Waals surface area (Å²) >= 11 is 0. The second-order valence-corrected chi connectivity index (χ2v) is 7.53. The van der Waals surface area contributed by atoms with Gasteiger partial charge in [0.25, 0.3) is 5.91 Å². The molecule has 1 saturated carbocycles. The molecule has 0 radical (unpaired) electrons. The van der Waals surface area contributed by atoms with Gasteiger partial charge in [-0.25, -0.2) is 0 Å². The maximum absolute atomic E-state index is 12.7. The Hall–Kier alpha value is -2.77. The number of carbonyl (C=O) groups is 2. The maximum Gasteiger partial charge on any atom is 0.251 e. The third kappa shape index (κ3) is 6.10. The molecule has 160 valence electrons. The molecule has 0 heterocycles. The molecule has 1 aliphatic carbocycles. The molecule has 2 rings (SSSR count). The minimum absolute atomic E-state index is 0.157. The number of nitrogens with zero attached hydrogens (tertiary/aromatic N) is 2. The largest absolute Gasteiger partial charge is 0.497 e. The minimum Gasteiger partial charge on any atom is -0.497 e. The lowest BCUT2D eigenvalue weighted by Crippen LogP contribution is -2.50. The average Bonchev–Trinajstić information content (AvgIpc) is 3.22. The van der Waals surface area contributed by atoms with E-state index < -0.39 is 0 Å². The van der Waals surface area contributed by atoms with E-state index >= 15 is 0 Å². The highest BCUT2D eigenvalue weighted by atomic mass is 16.5. The van der Waals surface area contributed by atoms with Gasteiger partial charge in [0.1, 0.15) is 5.75 Å². The molecule has 1 aromatic rings. The maximum atomic E-state index is 12.7. The van der Waals surface area contributed by atoms with Gasteiger partial charge in [0, 0.05) is 46.3 Å². The van der Waals surface area contributed by atoms with Crippen LogP contribution in [0.2, 0.25) is 0 Å². The van der Waals surface area contributed by atoms with Gasteiger partial charge in [0.15, 0.2) is 5.96 Å². The van der Waals surface area contributed by atoms with E-state index in [0.717, 1.165) is 25.7 Å². The first-order valence-electron chi connectivity index (χ1n) is 10.0. The van der Waals surface area contributed by atoms with Crippen molar-refractivity contribution in [3.05, 3.63) is 29.8 Å². The molecule has 0 saturated heterocycles. The molecule has 1 fully saturated rings. The van der Waals surface area contributed by atoms with E-state index in [1.54, 1.807) is 57.4 Å². The zero-order valence-electron chi connectivity index (χ0n) is 17.9. The number of hydrogen-bond donors (Lipinski definition) is 3. The summed E-state index contributed by atoms with van der Waals surface area (Å²) in [6, 6.07) is 7.03. The summed E-state index contributed by atoms with van der Waals surface area (Å²) < 4.78 is 5.14. The molecular formula is C21H33N5O3. The Kier molecular flexibility index (Phi) is 8.30. The van der Waals surface area contributed by atoms with E-state index in [-0.39, 0.29) is 17.2 Å². The summed E-state index contributed by atoms with van der Waals surface area (Å²) in [5.74, 6) is 1.28. The quantitative estimate of drug-likeness (QED) is 0.345. The Bertz CT molecular complexity index is 727. The van der Waals surface area contributed by atoms with Crippen LogP contribution in [0.5, 0.6) is 5.75 Å². The SMILES string of the molecule is CN=C(NCCNC(=O)c1cccc(OC)c1)NCC1(C(=O)N(C)C)CCCC1. The normalized spacial score (nSPS) is 15.5. The molecular weight excluding hydrogens is 370 g/mol. The highest BCUT2D eigenvalue weighted by Crippen LogP contribution is 2.38. The molecule has 1 aliphatic rings. The minimum atomic E-state index is -0.359. The summed E-state index contributed by atoms with van der Waals surface area (Å²) in [7, 11) is 6.88. The van der Waals surface area contributed by atoms with Gasteiger partial charge < -0.3 is 25.6 Å². The lowest BCUT2D eigenvalue weighted by molar-refractivity contribution is -0.138. The number of methoxy groups -OCH3 is 1. The zero-order chi connectivity index (χ0) is 21.3. The third-order valence-corrected chi connectivity index (χ3v) is 5.27. The van der Waals surface area contributed by atoms with Gasteiger partial charge >= 0.3 is 0 Å². The molecule has 0 aliphatic heterocycles. The predicted octanol–water partition coefficient (Wildman–Crippen LogP) is 1.24. The van der Waals surface area contributed by atoms with Crippen molar-refractivity contribution in [1.29, 1.82) is 0 Å². The van der Waals surface area contributed by atoms with E-state index in [2.05, 4.69) is 20.9 Å². The van der Waals surface area contributed by atoms with Crippen molar-refractivity contribution in [3.63, 3.8) is 0 Å². The summed E-state index contributed by atoms with van der Waals surface area (Å²) in [5.41, 5.74) is 0.194. The fraction of sp³-hybridized carbons (Fsp3) is 0.571. The molecule has 3 N–H and O–H groups in total. The van der Waals surface area contributed by atoms with Crippen LogP contribution in [-0.2, 0) is 4.79 Å². The highest BCUT2D eigenvalue weighted by molar-refractivity contribution is 5.94. The lowest BCUT2D eigenvalue weighted by Gasteiger charge is -2.31. The van der Waals surface area contributed by atoms with Crippen LogP contribution >= 0.6 is 0 Å². The number of benzene rings is 1. The molecule has 0 unspecified atom stereocenters. The van der Waals surface area contributed by atoms with Crippen molar-refractivity contribution in [1.82, 2.24) is 20.9 Å². The van der Waals surface area contributed by atoms with Crippen molar-refractivity contribution in [2.75, 3.05) is 47.9 Å². The third-order valence-electron chi connectivity index (χ3n) is 5.27. The van der Waals surface area contributed by atoms with Crippen LogP contribution in [0, 0.1) is 5.41 Å². The van der Waals surface area contributed by atoms with Crippen molar-refractivity contribution in [3.8, 4) is 5.75 Å². The van der Waals surface area contributed by atoms with Crippen LogP contribution < -0.4 is 20.7 Å². The first-order chi connectivity index (χ1) is 13.9. The van der Waals surface area contributed by atoms with Crippen LogP contribution in [0.4, 0.5) is 0 Å². The van der Waals surface area contributed by atoms with Crippen molar-refractivity contribution >= 4 is 17.8 Å². The van der Waals surface area contributed by atoms with Crippen molar-refractivity contribution < 1.29 is 14.3 Å². The Balaban J connectivity index is 1.78. The van der Waals surface area contributed by atoms with Crippen LogP contribution in [0.25, 0.3) is 0 Å². The zero-order valence-corrected chi connectivity index (χ0v) is 17.9. The lowest BCUT2D eigenvalue weighted by atomic mass is 9.84. The number of rotatable bonds is 8. The molecule has 0 aromatic heterocycles. The molecule has 29 heavy (non-hydrogen) atoms. The first-order valence-corrected chi connectivity index (χ1v) is 10.0. The van der Waals surface area contributed by atoms with Gasteiger partial charge in [0.05, 0.1) is 12.5 Å². The Morgan fingerprint density at radius 2 is 1.83 bits per heavy atom. The first kappa shape index (κ1) is 22.5. The summed E-state index contributed by atoms with van der Waals surface area (Å²) in [6.07, 6.45) is 3.93. The van der Waals surface area contributed by atoms with Gasteiger partial charge in [0.2, 0.25) is 5.91 Å². The number of amides is 2. The second-order valence-electron chi connectivity index (χ2n) is 7.53. The summed E-state index contributed by atoms with van der Waals surface area (Å²) in [4.78, 5) is 30.8. The van der Waals surface area contributed by atoms with Gasteiger partial charge in [-0.1, -0.05) is 18.9 Å². The van der Waals surface area contributed by atoms with Crippen LogP contribution in [0.3, 0.4) is 0 Å². The van der Waals surface area contributed by atoms with Crippen LogP contribution in [0.15, 0.2) is 29.3 Å². The number of hydrogen-bond acceptors (Lipinski definition) is 4. The Morgan fingerprint density at radius 1 is 1.14 bits per heavy atom. The van der Waals surface area contributed by atoms with E-state index in [1.807, 2.05) is 0 Å². The standard InChI is InChI=1S/C21H33N5O3/c1-22-20(25-15-21(10-5-6-11-21)19(28)26(2)3)24-13-12-23-18(27)16-8-7-9-17(14-16)29-4/h7-9,14H,5-6,10-13,15H2,1-4H3,(H,23,27)(H2,22,24,25). The van der Waals surface area contributed by atoms with E-state index in [1.165, 1.54) is 0 Å². The highest BCUT2D eigenvalue weighted by Gasteiger charge is 2.42. The molecule has 0 spiro atoms. The monoisotopic (exact) mass is 403 g/mol. The average molecular weight is 404 g/mol. The molecule has 8 heteroatoms. The fourth-order valence-electron chi connectivity index (χ4n) is 3.69. The van der Waals surface area contributed by atoms with E-state index in [9.17, 15) is 9.59 Å². The molecule has 0 bridgehead atoms. The number of nitrogens with one attached hydrogen (secondary N) is 3. The second kappa shape index (κ2) is 10.7. The number of guanidine groups is 1. The number of ether oxygens (including phenoxy) is 1. The van der Waals surface area contributed by atoms with Crippen molar-refractivity contribution in [2.24, 2.45) is 10.4 Å². The summed E-state index contributed by atoms with van der Waals surface area (Å²) in [5, 5.41) is 9.33. The Labute approximate surface area is 173 Å². The summed E-state index contributed by atoms with van der Waals surface area (Å²) in [6.45, 7) is 1.52. The smallest absolute Gasteiger partial charge is 0.251 e. The fourth-order valence-corrected chi connectivity index (χ4v) is 3.69. The van der Waals surface area contributed by atoms with Gasteiger partial charge in [-0.05, 0) is 31.0 Å².